The minimum atomic E-state index is -1.83. The number of imidazole rings is 1. The molecule has 100 valence electrons. The molecule has 0 aliphatic carbocycles. The van der Waals surface area contributed by atoms with E-state index in [-0.39, 0.29) is 5.82 Å². The lowest BCUT2D eigenvalue weighted by molar-refractivity contribution is -0.0465. The van der Waals surface area contributed by atoms with E-state index in [4.69, 9.17) is 20.7 Å². The minimum Gasteiger partial charge on any atom is -0.476 e. The lowest BCUT2D eigenvalue weighted by Crippen LogP contribution is -2.30. The van der Waals surface area contributed by atoms with Gasteiger partial charge in [-0.2, -0.15) is 0 Å². The number of aromatic nitrogens is 2. The summed E-state index contributed by atoms with van der Waals surface area (Å²) in [6.07, 6.45) is -4.71. The Morgan fingerprint density at radius 1 is 1.67 bits per heavy atom. The normalized spacial score (nSPS) is 31.7. The fourth-order valence-corrected chi connectivity index (χ4v) is 1.82. The fraction of sp³-hybridized carbons (Fsp3) is 0.556. The molecule has 4 atom stereocenters. The zero-order chi connectivity index (χ0) is 13.4. The first-order valence-electron chi connectivity index (χ1n) is 5.11. The van der Waals surface area contributed by atoms with Crippen LogP contribution in [0.25, 0.3) is 0 Å². The van der Waals surface area contributed by atoms with Crippen molar-refractivity contribution in [3.05, 3.63) is 12.0 Å². The molecule has 1 saturated heterocycles. The van der Waals surface area contributed by atoms with Gasteiger partial charge in [0.15, 0.2) is 18.1 Å². The van der Waals surface area contributed by atoms with Crippen molar-refractivity contribution < 1.29 is 29.2 Å². The molecule has 0 aromatic carbocycles. The van der Waals surface area contributed by atoms with Gasteiger partial charge in [-0.25, -0.2) is 14.2 Å². The van der Waals surface area contributed by atoms with Crippen molar-refractivity contribution in [3.8, 4) is 0 Å². The van der Waals surface area contributed by atoms with Gasteiger partial charge in [-0.1, -0.05) is 0 Å². The van der Waals surface area contributed by atoms with Gasteiger partial charge in [0.05, 0.1) is 12.9 Å². The molecule has 1 aromatic rings. The Balaban J connectivity index is 2.30. The Bertz CT molecular complexity index is 465. The molecule has 1 fully saturated rings. The predicted molar refractivity (Wildman–Crippen MR) is 55.5 cm³/mol. The van der Waals surface area contributed by atoms with Gasteiger partial charge in [0.2, 0.25) is 0 Å². The summed E-state index contributed by atoms with van der Waals surface area (Å²) in [6.45, 7) is -0.557. The third-order valence-electron chi connectivity index (χ3n) is 2.78. The Morgan fingerprint density at radius 2 is 2.33 bits per heavy atom. The number of rotatable bonds is 3. The highest BCUT2D eigenvalue weighted by Crippen LogP contribution is 2.33. The molecule has 1 aliphatic rings. The molecular weight excluding hydrogens is 249 g/mol. The number of anilines is 1. The first kappa shape index (κ1) is 12.7. The van der Waals surface area contributed by atoms with Crippen LogP contribution >= 0.6 is 0 Å². The first-order valence-corrected chi connectivity index (χ1v) is 5.11. The van der Waals surface area contributed by atoms with Gasteiger partial charge in [-0.3, -0.25) is 4.57 Å². The van der Waals surface area contributed by atoms with Gasteiger partial charge in [-0.15, -0.1) is 0 Å². The number of halogens is 1. The molecule has 0 spiro atoms. The Morgan fingerprint density at radius 3 is 2.78 bits per heavy atom. The minimum absolute atomic E-state index is 0.277. The Labute approximate surface area is 100 Å². The largest absolute Gasteiger partial charge is 0.476 e. The molecule has 5 N–H and O–H groups in total. The lowest BCUT2D eigenvalue weighted by atomic mass is 10.1. The number of hydrogen-bond acceptors (Lipinski definition) is 6. The smallest absolute Gasteiger partial charge is 0.358 e. The van der Waals surface area contributed by atoms with Crippen molar-refractivity contribution >= 4 is 11.8 Å². The van der Waals surface area contributed by atoms with E-state index in [1.165, 1.54) is 0 Å². The van der Waals surface area contributed by atoms with Crippen LogP contribution in [0.3, 0.4) is 0 Å². The number of carbonyl (C=O) groups is 1. The van der Waals surface area contributed by atoms with E-state index in [9.17, 15) is 14.3 Å². The zero-order valence-corrected chi connectivity index (χ0v) is 9.10. The van der Waals surface area contributed by atoms with Crippen molar-refractivity contribution in [2.45, 2.75) is 24.6 Å². The molecule has 1 aliphatic heterocycles. The van der Waals surface area contributed by atoms with Gasteiger partial charge in [0, 0.05) is 0 Å². The van der Waals surface area contributed by atoms with E-state index in [0.29, 0.717) is 0 Å². The lowest BCUT2D eigenvalue weighted by Gasteiger charge is -2.15. The number of aromatic carboxylic acids is 1. The predicted octanol–water partition coefficient (Wildman–Crippen LogP) is -1.25. The van der Waals surface area contributed by atoms with Crippen molar-refractivity contribution in [2.75, 3.05) is 12.3 Å². The van der Waals surface area contributed by atoms with Gasteiger partial charge in [0.1, 0.15) is 18.0 Å². The zero-order valence-electron chi connectivity index (χ0n) is 9.10. The number of aliphatic hydroxyl groups is 2. The number of nitrogens with zero attached hydrogens (tertiary/aromatic N) is 2. The second kappa shape index (κ2) is 4.52. The Hall–Kier alpha value is -1.71. The van der Waals surface area contributed by atoms with E-state index in [2.05, 4.69) is 4.98 Å². The van der Waals surface area contributed by atoms with Gasteiger partial charge in [0.25, 0.3) is 0 Å². The summed E-state index contributed by atoms with van der Waals surface area (Å²) in [6, 6.07) is 0. The number of carboxylic acids is 1. The summed E-state index contributed by atoms with van der Waals surface area (Å²) in [7, 11) is 0. The summed E-state index contributed by atoms with van der Waals surface area (Å²) in [4.78, 5) is 14.3. The second-order valence-corrected chi connectivity index (χ2v) is 3.87. The second-order valence-electron chi connectivity index (χ2n) is 3.87. The highest BCUT2D eigenvalue weighted by molar-refractivity contribution is 5.90. The van der Waals surface area contributed by atoms with Crippen LogP contribution in [-0.4, -0.2) is 55.8 Å². The molecule has 2 rings (SSSR count). The van der Waals surface area contributed by atoms with Crippen LogP contribution in [-0.2, 0) is 4.74 Å². The number of hydrogen-bond donors (Lipinski definition) is 4. The summed E-state index contributed by atoms with van der Waals surface area (Å²) in [5.74, 6) is -1.63. The molecule has 0 bridgehead atoms. The summed E-state index contributed by atoms with van der Waals surface area (Å²) in [5, 5.41) is 27.1. The summed E-state index contributed by atoms with van der Waals surface area (Å²) >= 11 is 0. The highest BCUT2D eigenvalue weighted by Gasteiger charge is 2.45. The number of carboxylic acid groups (broad SMARTS) is 1. The van der Waals surface area contributed by atoms with E-state index < -0.39 is 42.9 Å². The number of alkyl halides is 1. The topological polar surface area (TPSA) is 131 Å². The van der Waals surface area contributed by atoms with Gasteiger partial charge >= 0.3 is 5.97 Å². The molecule has 8 nitrogen and oxygen atoms in total. The number of nitrogens with two attached hydrogens (primary N) is 1. The van der Waals surface area contributed by atoms with Crippen LogP contribution < -0.4 is 5.73 Å². The van der Waals surface area contributed by atoms with E-state index in [0.717, 1.165) is 10.9 Å². The average molecular weight is 261 g/mol. The molecule has 0 unspecified atom stereocenters. The fourth-order valence-electron chi connectivity index (χ4n) is 1.82. The third kappa shape index (κ3) is 1.82. The van der Waals surface area contributed by atoms with Crippen LogP contribution in [0.5, 0.6) is 0 Å². The maximum Gasteiger partial charge on any atom is 0.358 e. The van der Waals surface area contributed by atoms with Crippen LogP contribution in [0.4, 0.5) is 10.2 Å². The molecule has 0 saturated carbocycles. The highest BCUT2D eigenvalue weighted by atomic mass is 19.1. The maximum atomic E-state index is 13.8. The first-order chi connectivity index (χ1) is 8.47. The molecule has 9 heteroatoms. The standard InChI is InChI=1S/C9H12FN3O5/c10-4-6(15)3(1-14)18-8(4)13-2-12-5(7(13)11)9(16)17/h2-4,6,8,14-15H,1,11H2,(H,16,17)/t3-,4-,6-,8-/m1/s1. The van der Waals surface area contributed by atoms with E-state index in [1.54, 1.807) is 0 Å². The summed E-state index contributed by atoms with van der Waals surface area (Å²) in [5.41, 5.74) is 5.08. The average Bonchev–Trinajstić information content (AvgIpc) is 2.82. The number of ether oxygens (including phenoxy) is 1. The molecule has 2 heterocycles. The monoisotopic (exact) mass is 261 g/mol. The van der Waals surface area contributed by atoms with Crippen molar-refractivity contribution in [3.63, 3.8) is 0 Å². The molecule has 18 heavy (non-hydrogen) atoms. The van der Waals surface area contributed by atoms with Crippen molar-refractivity contribution in [2.24, 2.45) is 0 Å². The molecular formula is C9H12FN3O5. The van der Waals surface area contributed by atoms with Crippen LogP contribution in [0.2, 0.25) is 0 Å². The van der Waals surface area contributed by atoms with Crippen LogP contribution in [0.1, 0.15) is 16.7 Å². The number of aliphatic hydroxyl groups excluding tert-OH is 2. The number of nitrogen functional groups attached to an aromatic ring is 1. The van der Waals surface area contributed by atoms with Crippen LogP contribution in [0.15, 0.2) is 6.33 Å². The molecule has 1 aromatic heterocycles. The summed E-state index contributed by atoms with van der Waals surface area (Å²) < 4.78 is 19.8. The van der Waals surface area contributed by atoms with Crippen molar-refractivity contribution in [1.82, 2.24) is 9.55 Å². The Kier molecular flexibility index (Phi) is 3.20. The molecule has 0 radical (unpaired) electrons. The maximum absolute atomic E-state index is 13.8. The third-order valence-corrected chi connectivity index (χ3v) is 2.78. The van der Waals surface area contributed by atoms with E-state index in [1.807, 2.05) is 0 Å². The van der Waals surface area contributed by atoms with Crippen LogP contribution in [0, 0.1) is 0 Å². The van der Waals surface area contributed by atoms with E-state index >= 15 is 0 Å². The quantitative estimate of drug-likeness (QED) is 0.534. The van der Waals surface area contributed by atoms with Gasteiger partial charge < -0.3 is 25.8 Å². The molecule has 0 amide bonds. The van der Waals surface area contributed by atoms with Crippen molar-refractivity contribution in [1.29, 1.82) is 0 Å². The SMILES string of the molecule is Nc1c(C(=O)O)ncn1[C@@H]1O[C@H](CO)[C@@H](O)[C@H]1F. The van der Waals surface area contributed by atoms with Gasteiger partial charge in [-0.05, 0) is 0 Å².